The number of amides is 10. The number of rotatable bonds is 31. The summed E-state index contributed by atoms with van der Waals surface area (Å²) in [4.78, 5) is 167. The van der Waals surface area contributed by atoms with E-state index in [1.165, 1.54) is 6.92 Å². The minimum absolute atomic E-state index is 0.0817. The predicted molar refractivity (Wildman–Crippen MR) is 319 cm³/mol. The number of aliphatic hydroxyl groups excluding tert-OH is 4. The van der Waals surface area contributed by atoms with E-state index in [4.69, 9.17) is 33.5 Å². The molecule has 0 unspecified atom stereocenters. The standard InChI is InChI=1S/C55H97ClN14O18/c1-6-8-9-10-11-12-13-14-15-18-32(72)27-41(75)61-38-30-88-55(87)43(39(73)29-56)68-53(84)44(45(76)54(85)86)69-46(77)33(7-2)62-52(83)42(31(3)71)67-49(80)36(21-24-59)64-47(78)34(19-16-17-22-57)63-50(81)37(28-40(74)60-25-26-70(4)5)66-48(79)35(20-23-58)65-51(38)82/h7,31-32,34-39,42-45,71-73,76H,6,8-30,57-59H2,1-5H3,(H,60,74)(H,61,75)(H,62,83)(H,63,81)(H,64,78)(H,65,82)(H,66,79)(H,67,80)(H,68,84)(H,69,77)(H,85,86)/b33-7-/t31-,32+,34+,35-,36+,37+,38+,39-,42+,43+,44+,45+/m1/s1. The number of aliphatic carboxylic acids is 1. The van der Waals surface area contributed by atoms with Gasteiger partial charge in [-0.05, 0) is 86.1 Å². The number of carboxylic acids is 1. The molecular formula is C55H97ClN14O18. The molecule has 12 atom stereocenters. The van der Waals surface area contributed by atoms with E-state index in [2.05, 4.69) is 49.5 Å². The van der Waals surface area contributed by atoms with Gasteiger partial charge in [0.05, 0.1) is 37.0 Å². The van der Waals surface area contributed by atoms with Gasteiger partial charge < -0.3 is 106 Å². The summed E-state index contributed by atoms with van der Waals surface area (Å²) in [5, 5.41) is 75.9. The number of ether oxygens (including phenoxy) is 1. The maximum absolute atomic E-state index is 14.4. The zero-order valence-corrected chi connectivity index (χ0v) is 51.8. The summed E-state index contributed by atoms with van der Waals surface area (Å²) in [7, 11) is 3.46. The zero-order chi connectivity index (χ0) is 66.5. The quantitative estimate of drug-likeness (QED) is 0.0133. The number of carbonyl (C=O) groups excluding carboxylic acids is 11. The average Bonchev–Trinajstić information content (AvgIpc) is 3.68. The van der Waals surface area contributed by atoms with Crippen LogP contribution in [0.25, 0.3) is 0 Å². The van der Waals surface area contributed by atoms with Crippen molar-refractivity contribution < 1.29 is 87.8 Å². The van der Waals surface area contributed by atoms with Gasteiger partial charge in [-0.3, -0.25) is 47.9 Å². The summed E-state index contributed by atoms with van der Waals surface area (Å²) in [6, 6.07) is -15.5. The molecule has 0 aliphatic carbocycles. The Labute approximate surface area is 517 Å². The van der Waals surface area contributed by atoms with Gasteiger partial charge in [0.25, 0.3) is 5.91 Å². The average molecular weight is 1280 g/mol. The molecule has 32 nitrogen and oxygen atoms in total. The topological polar surface area (TPSA) is 517 Å². The molecule has 1 aliphatic rings. The smallest absolute Gasteiger partial charge is 0.335 e. The van der Waals surface area contributed by atoms with Crippen molar-refractivity contribution >= 4 is 82.6 Å². The Morgan fingerprint density at radius 2 is 1.17 bits per heavy atom. The number of carbonyl (C=O) groups is 12. The van der Waals surface area contributed by atoms with E-state index in [1.54, 1.807) is 19.0 Å². The second kappa shape index (κ2) is 43.9. The van der Waals surface area contributed by atoms with Gasteiger partial charge in [0.15, 0.2) is 12.1 Å². The van der Waals surface area contributed by atoms with Gasteiger partial charge in [-0.25, -0.2) is 9.59 Å². The molecule has 502 valence electrons. The van der Waals surface area contributed by atoms with Gasteiger partial charge in [0.2, 0.25) is 53.2 Å². The largest absolute Gasteiger partial charge is 0.479 e. The lowest BCUT2D eigenvalue weighted by atomic mass is 10.0. The number of alkyl halides is 1. The molecule has 0 aromatic carbocycles. The van der Waals surface area contributed by atoms with Gasteiger partial charge in [0.1, 0.15) is 54.6 Å². The Hall–Kier alpha value is -6.65. The highest BCUT2D eigenvalue weighted by Crippen LogP contribution is 2.14. The second-order valence-corrected chi connectivity index (χ2v) is 21.9. The van der Waals surface area contributed by atoms with E-state index in [0.717, 1.165) is 64.4 Å². The van der Waals surface area contributed by atoms with E-state index in [0.29, 0.717) is 19.4 Å². The monoisotopic (exact) mass is 1280 g/mol. The van der Waals surface area contributed by atoms with Crippen molar-refractivity contribution in [2.45, 2.75) is 203 Å². The minimum Gasteiger partial charge on any atom is -0.479 e. The third-order valence-corrected chi connectivity index (χ3v) is 14.2. The number of hydrogen-bond acceptors (Lipinski definition) is 21. The highest BCUT2D eigenvalue weighted by atomic mass is 35.5. The van der Waals surface area contributed by atoms with Gasteiger partial charge >= 0.3 is 11.9 Å². The van der Waals surface area contributed by atoms with Crippen LogP contribution in [0.15, 0.2) is 11.8 Å². The number of halogens is 1. The Bertz CT molecular complexity index is 2300. The molecular weight excluding hydrogens is 1180 g/mol. The summed E-state index contributed by atoms with van der Waals surface area (Å²) in [5.41, 5.74) is 16.7. The van der Waals surface area contributed by atoms with Crippen LogP contribution < -0.4 is 70.4 Å². The number of esters is 1. The molecule has 1 rings (SSSR count). The zero-order valence-electron chi connectivity index (χ0n) is 51.1. The van der Waals surface area contributed by atoms with Gasteiger partial charge in [-0.15, -0.1) is 11.6 Å². The van der Waals surface area contributed by atoms with Crippen molar-refractivity contribution in [2.24, 2.45) is 17.2 Å². The first-order valence-electron chi connectivity index (χ1n) is 29.8. The molecule has 0 radical (unpaired) electrons. The third kappa shape index (κ3) is 30.5. The van der Waals surface area contributed by atoms with Crippen molar-refractivity contribution in [1.82, 2.24) is 58.1 Å². The van der Waals surface area contributed by atoms with Crippen LogP contribution in [0, 0.1) is 0 Å². The Morgan fingerprint density at radius 3 is 1.69 bits per heavy atom. The molecule has 0 bridgehead atoms. The van der Waals surface area contributed by atoms with Crippen LogP contribution in [0.4, 0.5) is 0 Å². The summed E-state index contributed by atoms with van der Waals surface area (Å²) in [5.74, 6) is -16.5. The molecule has 1 aliphatic heterocycles. The normalized spacial score (nSPS) is 23.8. The van der Waals surface area contributed by atoms with Crippen molar-refractivity contribution in [1.29, 1.82) is 0 Å². The minimum atomic E-state index is -2.83. The van der Waals surface area contributed by atoms with Crippen LogP contribution in [-0.2, 0) is 62.3 Å². The number of likely N-dealkylation sites (N-methyl/N-ethyl adjacent to an activating group) is 1. The predicted octanol–water partition coefficient (Wildman–Crippen LogP) is -5.57. The van der Waals surface area contributed by atoms with Crippen molar-refractivity contribution in [3.63, 3.8) is 0 Å². The first kappa shape index (κ1) is 79.4. The van der Waals surface area contributed by atoms with Crippen molar-refractivity contribution in [3.05, 3.63) is 11.8 Å². The lowest BCUT2D eigenvalue weighted by Gasteiger charge is -2.29. The van der Waals surface area contributed by atoms with Crippen LogP contribution in [0.1, 0.15) is 130 Å². The van der Waals surface area contributed by atoms with E-state index < -0.39 is 181 Å². The van der Waals surface area contributed by atoms with E-state index >= 15 is 0 Å². The lowest BCUT2D eigenvalue weighted by Crippen LogP contribution is -2.62. The van der Waals surface area contributed by atoms with Crippen LogP contribution in [-0.4, -0.2) is 233 Å². The molecule has 1 saturated heterocycles. The summed E-state index contributed by atoms with van der Waals surface area (Å²) in [6.45, 7) is 3.18. The van der Waals surface area contributed by atoms with Crippen LogP contribution in [0.5, 0.6) is 0 Å². The molecule has 0 aromatic rings. The highest BCUT2D eigenvalue weighted by Gasteiger charge is 2.41. The molecule has 1 heterocycles. The maximum atomic E-state index is 14.4. The number of cyclic esters (lactones) is 1. The maximum Gasteiger partial charge on any atom is 0.335 e. The third-order valence-electron chi connectivity index (χ3n) is 13.9. The molecule has 10 amide bonds. The fraction of sp³-hybridized carbons (Fsp3) is 0.745. The van der Waals surface area contributed by atoms with Crippen LogP contribution in [0.2, 0.25) is 0 Å². The summed E-state index contributed by atoms with van der Waals surface area (Å²) >= 11 is 5.90. The SMILES string of the molecule is C/C=C1\NC(=O)[C@H]([C@@H](C)O)NC(=O)[C@H](CCN)NC(=O)[C@H](CCCCN)NC(=O)[C@H](CC(=O)NCCN(C)C)NC(=O)[C@@H](CCN)NC(=O)[C@@H](NC(=O)C[C@@H](O)CCCCCCCCCCC)COC(=O)[C@H]([C@H](O)CCl)NC(=O)[C@H]([C@H](O)C(=O)O)NC1=O. The first-order valence-corrected chi connectivity index (χ1v) is 30.3. The van der Waals surface area contributed by atoms with Crippen LogP contribution in [0.3, 0.4) is 0 Å². The Balaban J connectivity index is 4.12. The Morgan fingerprint density at radius 1 is 0.648 bits per heavy atom. The lowest BCUT2D eigenvalue weighted by molar-refractivity contribution is -0.155. The number of allylic oxidation sites excluding steroid dienone is 1. The Kier molecular flexibility index (Phi) is 39.6. The van der Waals surface area contributed by atoms with E-state index in [9.17, 15) is 83.1 Å². The van der Waals surface area contributed by atoms with E-state index in [1.807, 2.05) is 10.6 Å². The molecule has 0 aromatic heterocycles. The number of unbranched alkanes of at least 4 members (excludes halogenated alkanes) is 9. The summed E-state index contributed by atoms with van der Waals surface area (Å²) < 4.78 is 5.34. The number of carboxylic acid groups (broad SMARTS) is 1. The second-order valence-electron chi connectivity index (χ2n) is 21.6. The number of hydrogen-bond donors (Lipinski definition) is 18. The molecule has 1 fully saturated rings. The molecule has 88 heavy (non-hydrogen) atoms. The molecule has 21 N–H and O–H groups in total. The number of nitrogens with two attached hydrogens (primary N) is 3. The molecule has 0 saturated carbocycles. The van der Waals surface area contributed by atoms with Crippen molar-refractivity contribution in [2.75, 3.05) is 59.3 Å². The van der Waals surface area contributed by atoms with Gasteiger partial charge in [-0.1, -0.05) is 70.8 Å². The fourth-order valence-electron chi connectivity index (χ4n) is 8.73. The number of nitrogens with one attached hydrogen (secondary N) is 10. The number of nitrogens with zero attached hydrogens (tertiary/aromatic N) is 1. The van der Waals surface area contributed by atoms with Crippen LogP contribution >= 0.6 is 11.6 Å². The van der Waals surface area contributed by atoms with Gasteiger partial charge in [-0.2, -0.15) is 0 Å². The first-order chi connectivity index (χ1) is 41.7. The highest BCUT2D eigenvalue weighted by molar-refractivity contribution is 6.18. The van der Waals surface area contributed by atoms with Crippen molar-refractivity contribution in [3.8, 4) is 0 Å². The van der Waals surface area contributed by atoms with Gasteiger partial charge in [0, 0.05) is 13.1 Å². The fourth-order valence-corrected chi connectivity index (χ4v) is 8.91. The summed E-state index contributed by atoms with van der Waals surface area (Å²) in [6.07, 6.45) is 0.300. The molecule has 0 spiro atoms. The van der Waals surface area contributed by atoms with E-state index in [-0.39, 0.29) is 51.9 Å². The number of aliphatic hydroxyl groups is 4. The molecule has 33 heteroatoms.